The molecule has 0 aliphatic carbocycles. The van der Waals surface area contributed by atoms with Crippen LogP contribution in [0.2, 0.25) is 5.15 Å². The number of hydrogen-bond donors (Lipinski definition) is 0. The van der Waals surface area contributed by atoms with Gasteiger partial charge in [0.15, 0.2) is 5.65 Å². The van der Waals surface area contributed by atoms with Gasteiger partial charge < -0.3 is 0 Å². The van der Waals surface area contributed by atoms with Gasteiger partial charge >= 0.3 is 0 Å². The van der Waals surface area contributed by atoms with Crippen LogP contribution < -0.4 is 0 Å². The van der Waals surface area contributed by atoms with E-state index in [0.29, 0.717) is 16.9 Å². The monoisotopic (exact) mass is 277 g/mol. The summed E-state index contributed by atoms with van der Waals surface area (Å²) in [6, 6.07) is 4.38. The summed E-state index contributed by atoms with van der Waals surface area (Å²) in [5.74, 6) is -0.523. The molecule has 19 heavy (non-hydrogen) atoms. The van der Waals surface area contributed by atoms with Gasteiger partial charge in [0.1, 0.15) is 10.7 Å². The van der Waals surface area contributed by atoms with Crippen molar-refractivity contribution in [2.24, 2.45) is 0 Å². The van der Waals surface area contributed by atoms with E-state index in [1.54, 1.807) is 23.0 Å². The second-order valence-corrected chi connectivity index (χ2v) is 4.44. The maximum absolute atomic E-state index is 13.2. The minimum absolute atomic E-state index is 0.263. The van der Waals surface area contributed by atoms with Gasteiger partial charge in [-0.05, 0) is 19.1 Å². The first-order chi connectivity index (χ1) is 9.15. The van der Waals surface area contributed by atoms with Gasteiger partial charge in [-0.1, -0.05) is 17.7 Å². The van der Waals surface area contributed by atoms with Gasteiger partial charge in [-0.2, -0.15) is 9.49 Å². The molecule has 0 fully saturated rings. The topological polar surface area (TPSA) is 56.5 Å². The van der Waals surface area contributed by atoms with E-state index in [0.717, 1.165) is 0 Å². The highest BCUT2D eigenvalue weighted by Crippen LogP contribution is 2.20. The Kier molecular flexibility index (Phi) is 2.87. The Morgan fingerprint density at radius 3 is 2.89 bits per heavy atom. The van der Waals surface area contributed by atoms with Crippen molar-refractivity contribution in [1.29, 1.82) is 0 Å². The first-order valence-electron chi connectivity index (χ1n) is 5.63. The SMILES string of the molecule is CC(c1cccc(F)n1)n1ncc2ncc(Cl)nc21. The van der Waals surface area contributed by atoms with E-state index < -0.39 is 5.95 Å². The lowest BCUT2D eigenvalue weighted by molar-refractivity contribution is 0.530. The zero-order chi connectivity index (χ0) is 13.4. The fourth-order valence-corrected chi connectivity index (χ4v) is 1.99. The summed E-state index contributed by atoms with van der Waals surface area (Å²) < 4.78 is 14.8. The molecule has 96 valence electrons. The lowest BCUT2D eigenvalue weighted by Gasteiger charge is -2.12. The second kappa shape index (κ2) is 4.55. The minimum atomic E-state index is -0.523. The molecule has 1 atom stereocenters. The Hall–Kier alpha value is -2.08. The van der Waals surface area contributed by atoms with Crippen molar-refractivity contribution in [1.82, 2.24) is 24.7 Å². The minimum Gasteiger partial charge on any atom is -0.248 e. The van der Waals surface area contributed by atoms with Crippen LogP contribution in [0.3, 0.4) is 0 Å². The summed E-state index contributed by atoms with van der Waals surface area (Å²) in [6.07, 6.45) is 3.05. The van der Waals surface area contributed by atoms with E-state index >= 15 is 0 Å². The summed E-state index contributed by atoms with van der Waals surface area (Å²) >= 11 is 5.83. The molecule has 3 heterocycles. The van der Waals surface area contributed by atoms with E-state index in [2.05, 4.69) is 20.1 Å². The molecule has 7 heteroatoms. The van der Waals surface area contributed by atoms with Crippen LogP contribution >= 0.6 is 11.6 Å². The number of aromatic nitrogens is 5. The maximum atomic E-state index is 13.2. The lowest BCUT2D eigenvalue weighted by Crippen LogP contribution is -2.11. The van der Waals surface area contributed by atoms with E-state index in [9.17, 15) is 4.39 Å². The molecular formula is C12H9ClFN5. The number of hydrogen-bond acceptors (Lipinski definition) is 4. The van der Waals surface area contributed by atoms with Crippen LogP contribution in [0.25, 0.3) is 11.2 Å². The lowest BCUT2D eigenvalue weighted by atomic mass is 10.2. The van der Waals surface area contributed by atoms with Crippen LogP contribution in [-0.2, 0) is 0 Å². The Bertz CT molecular complexity index is 742. The molecule has 3 aromatic heterocycles. The van der Waals surface area contributed by atoms with Crippen LogP contribution in [0.4, 0.5) is 4.39 Å². The third-order valence-corrected chi connectivity index (χ3v) is 2.99. The molecule has 0 aliphatic heterocycles. The van der Waals surface area contributed by atoms with Gasteiger partial charge in [0, 0.05) is 0 Å². The fourth-order valence-electron chi connectivity index (χ4n) is 1.86. The molecule has 0 N–H and O–H groups in total. The summed E-state index contributed by atoms with van der Waals surface area (Å²) in [7, 11) is 0. The number of pyridine rings is 1. The Morgan fingerprint density at radius 2 is 2.11 bits per heavy atom. The average molecular weight is 278 g/mol. The number of halogens is 2. The third kappa shape index (κ3) is 2.15. The van der Waals surface area contributed by atoms with Gasteiger partial charge in [0.05, 0.1) is 24.1 Å². The summed E-state index contributed by atoms with van der Waals surface area (Å²) in [6.45, 7) is 1.86. The Labute approximate surface area is 113 Å². The van der Waals surface area contributed by atoms with Crippen LogP contribution in [-0.4, -0.2) is 24.7 Å². The Morgan fingerprint density at radius 1 is 1.26 bits per heavy atom. The maximum Gasteiger partial charge on any atom is 0.213 e. The van der Waals surface area contributed by atoms with E-state index in [4.69, 9.17) is 11.6 Å². The Balaban J connectivity index is 2.11. The standard InChI is InChI=1S/C12H9ClFN5/c1-7(8-3-2-4-11(14)17-8)19-12-9(5-16-19)15-6-10(13)18-12/h2-7H,1H3. The molecule has 5 nitrogen and oxygen atoms in total. The third-order valence-electron chi connectivity index (χ3n) is 2.80. The summed E-state index contributed by atoms with van der Waals surface area (Å²) in [5.41, 5.74) is 1.74. The highest BCUT2D eigenvalue weighted by Gasteiger charge is 2.15. The second-order valence-electron chi connectivity index (χ2n) is 4.05. The van der Waals surface area contributed by atoms with Gasteiger partial charge in [0.2, 0.25) is 5.95 Å². The van der Waals surface area contributed by atoms with Gasteiger partial charge in [-0.3, -0.25) is 0 Å². The smallest absolute Gasteiger partial charge is 0.213 e. The van der Waals surface area contributed by atoms with Crippen molar-refractivity contribution in [2.75, 3.05) is 0 Å². The quantitative estimate of drug-likeness (QED) is 0.676. The molecule has 0 aliphatic rings. The van der Waals surface area contributed by atoms with Crippen LogP contribution in [0.5, 0.6) is 0 Å². The van der Waals surface area contributed by atoms with E-state index in [1.807, 2.05) is 6.92 Å². The average Bonchev–Trinajstić information content (AvgIpc) is 2.80. The van der Waals surface area contributed by atoms with Crippen LogP contribution in [0, 0.1) is 5.95 Å². The number of nitrogens with zero attached hydrogens (tertiary/aromatic N) is 5. The molecule has 0 amide bonds. The highest BCUT2D eigenvalue weighted by molar-refractivity contribution is 6.29. The molecule has 0 radical (unpaired) electrons. The zero-order valence-electron chi connectivity index (χ0n) is 9.96. The fraction of sp³-hybridized carbons (Fsp3) is 0.167. The first kappa shape index (κ1) is 12.0. The normalized spacial score (nSPS) is 12.8. The van der Waals surface area contributed by atoms with Crippen molar-refractivity contribution >= 4 is 22.8 Å². The van der Waals surface area contributed by atoms with Crippen LogP contribution in [0.1, 0.15) is 18.7 Å². The van der Waals surface area contributed by atoms with E-state index in [-0.39, 0.29) is 11.2 Å². The number of rotatable bonds is 2. The van der Waals surface area contributed by atoms with Crippen molar-refractivity contribution in [3.05, 3.63) is 47.4 Å². The summed E-state index contributed by atoms with van der Waals surface area (Å²) in [4.78, 5) is 12.2. The van der Waals surface area contributed by atoms with Crippen molar-refractivity contribution in [3.63, 3.8) is 0 Å². The number of fused-ring (bicyclic) bond motifs is 1. The molecule has 3 aromatic rings. The van der Waals surface area contributed by atoms with Crippen molar-refractivity contribution < 1.29 is 4.39 Å². The molecule has 0 saturated carbocycles. The van der Waals surface area contributed by atoms with Crippen molar-refractivity contribution in [3.8, 4) is 0 Å². The van der Waals surface area contributed by atoms with E-state index in [1.165, 1.54) is 12.3 Å². The first-order valence-corrected chi connectivity index (χ1v) is 6.01. The van der Waals surface area contributed by atoms with Gasteiger partial charge in [-0.15, -0.1) is 0 Å². The molecule has 0 aromatic carbocycles. The van der Waals surface area contributed by atoms with Gasteiger partial charge in [0.25, 0.3) is 0 Å². The molecule has 1 unspecified atom stereocenters. The summed E-state index contributed by atoms with van der Waals surface area (Å²) in [5, 5.41) is 4.50. The zero-order valence-corrected chi connectivity index (χ0v) is 10.7. The highest BCUT2D eigenvalue weighted by atomic mass is 35.5. The predicted molar refractivity (Wildman–Crippen MR) is 68.3 cm³/mol. The molecular weight excluding hydrogens is 269 g/mol. The molecule has 0 saturated heterocycles. The largest absolute Gasteiger partial charge is 0.248 e. The predicted octanol–water partition coefficient (Wildman–Crippen LogP) is 2.62. The van der Waals surface area contributed by atoms with Crippen LogP contribution in [0.15, 0.2) is 30.6 Å². The molecule has 0 spiro atoms. The van der Waals surface area contributed by atoms with Crippen molar-refractivity contribution in [2.45, 2.75) is 13.0 Å². The van der Waals surface area contributed by atoms with Gasteiger partial charge in [-0.25, -0.2) is 19.6 Å². The molecule has 0 bridgehead atoms. The molecule has 3 rings (SSSR count).